The molecule has 1 aliphatic carbocycles. The van der Waals surface area contributed by atoms with E-state index in [-0.39, 0.29) is 0 Å². The first-order valence-corrected chi connectivity index (χ1v) is 8.28. The lowest BCUT2D eigenvalue weighted by molar-refractivity contribution is 0.195. The average molecular weight is 267 g/mol. The molecule has 0 bridgehead atoms. The van der Waals surface area contributed by atoms with Crippen LogP contribution in [-0.4, -0.2) is 12.3 Å². The highest BCUT2D eigenvalue weighted by Gasteiger charge is 2.27. The Morgan fingerprint density at radius 2 is 2.17 bits per heavy atom. The molecule has 0 spiro atoms. The molecule has 1 unspecified atom stereocenters. The van der Waals surface area contributed by atoms with Gasteiger partial charge in [-0.15, -0.1) is 0 Å². The van der Waals surface area contributed by atoms with Crippen molar-refractivity contribution in [1.29, 1.82) is 0 Å². The van der Waals surface area contributed by atoms with E-state index in [4.69, 9.17) is 4.42 Å². The maximum Gasteiger partial charge on any atom is 0.118 e. The van der Waals surface area contributed by atoms with Crippen LogP contribution in [0.3, 0.4) is 0 Å². The van der Waals surface area contributed by atoms with Crippen LogP contribution in [0.15, 0.2) is 16.5 Å². The van der Waals surface area contributed by atoms with Crippen LogP contribution in [-0.2, 0) is 12.3 Å². The van der Waals surface area contributed by atoms with Crippen molar-refractivity contribution in [1.82, 2.24) is 5.32 Å². The summed E-state index contributed by atoms with van der Waals surface area (Å²) in [5.74, 6) is 3.13. The van der Waals surface area contributed by atoms with E-state index in [1.54, 1.807) is 11.8 Å². The zero-order valence-corrected chi connectivity index (χ0v) is 12.6. The number of rotatable bonds is 5. The lowest BCUT2D eigenvalue weighted by Crippen LogP contribution is -2.36. The van der Waals surface area contributed by atoms with Gasteiger partial charge in [0.2, 0.25) is 0 Å². The molecule has 1 aliphatic rings. The molecule has 0 aliphatic heterocycles. The molecule has 0 saturated heterocycles. The lowest BCUT2D eigenvalue weighted by Gasteiger charge is -2.35. The second-order valence-corrected chi connectivity index (χ2v) is 7.01. The molecule has 18 heavy (non-hydrogen) atoms. The van der Waals surface area contributed by atoms with Gasteiger partial charge in [-0.25, -0.2) is 0 Å². The SMILES string of the molecule is CSCc1ccc(CNC2CCCC(C)(C)C2)o1. The highest BCUT2D eigenvalue weighted by atomic mass is 32.2. The molecule has 0 radical (unpaired) electrons. The summed E-state index contributed by atoms with van der Waals surface area (Å²) >= 11 is 1.80. The van der Waals surface area contributed by atoms with Gasteiger partial charge in [-0.2, -0.15) is 11.8 Å². The van der Waals surface area contributed by atoms with Crippen molar-refractivity contribution in [2.24, 2.45) is 5.41 Å². The summed E-state index contributed by atoms with van der Waals surface area (Å²) in [5.41, 5.74) is 0.503. The summed E-state index contributed by atoms with van der Waals surface area (Å²) in [6.45, 7) is 5.63. The van der Waals surface area contributed by atoms with Crippen LogP contribution in [0, 0.1) is 5.41 Å². The third-order valence-corrected chi connectivity index (χ3v) is 4.35. The van der Waals surface area contributed by atoms with Gasteiger partial charge >= 0.3 is 0 Å². The fourth-order valence-electron chi connectivity index (χ4n) is 2.85. The summed E-state index contributed by atoms with van der Waals surface area (Å²) in [6.07, 6.45) is 7.40. The third-order valence-electron chi connectivity index (χ3n) is 3.77. The van der Waals surface area contributed by atoms with Gasteiger partial charge < -0.3 is 9.73 Å². The van der Waals surface area contributed by atoms with Crippen LogP contribution >= 0.6 is 11.8 Å². The fourth-order valence-corrected chi connectivity index (χ4v) is 3.29. The summed E-state index contributed by atoms with van der Waals surface area (Å²) < 4.78 is 5.78. The highest BCUT2D eigenvalue weighted by molar-refractivity contribution is 7.97. The molecule has 102 valence electrons. The molecule has 1 aromatic heterocycles. The Morgan fingerprint density at radius 1 is 1.39 bits per heavy atom. The second kappa shape index (κ2) is 6.16. The van der Waals surface area contributed by atoms with Crippen molar-refractivity contribution in [2.45, 2.75) is 57.9 Å². The van der Waals surface area contributed by atoms with Crippen LogP contribution in [0.4, 0.5) is 0 Å². The molecule has 1 saturated carbocycles. The molecular formula is C15H25NOS. The van der Waals surface area contributed by atoms with E-state index in [0.29, 0.717) is 11.5 Å². The summed E-state index contributed by atoms with van der Waals surface area (Å²) in [5, 5.41) is 3.65. The molecule has 1 aromatic rings. The van der Waals surface area contributed by atoms with Gasteiger partial charge in [0.15, 0.2) is 0 Å². The van der Waals surface area contributed by atoms with E-state index in [9.17, 15) is 0 Å². The van der Waals surface area contributed by atoms with Gasteiger partial charge in [-0.05, 0) is 43.1 Å². The van der Waals surface area contributed by atoms with Gasteiger partial charge in [-0.1, -0.05) is 20.3 Å². The summed E-state index contributed by atoms with van der Waals surface area (Å²) in [6, 6.07) is 4.85. The Bertz CT molecular complexity index is 372. The van der Waals surface area contributed by atoms with Gasteiger partial charge in [-0.3, -0.25) is 0 Å². The third kappa shape index (κ3) is 4.06. The Hall–Kier alpha value is -0.410. The van der Waals surface area contributed by atoms with E-state index in [2.05, 4.69) is 37.6 Å². The van der Waals surface area contributed by atoms with Crippen LogP contribution < -0.4 is 5.32 Å². The molecule has 3 heteroatoms. The van der Waals surface area contributed by atoms with Crippen LogP contribution in [0.2, 0.25) is 0 Å². The first-order chi connectivity index (χ1) is 8.59. The second-order valence-electron chi connectivity index (χ2n) is 6.14. The predicted molar refractivity (Wildman–Crippen MR) is 78.8 cm³/mol. The van der Waals surface area contributed by atoms with Gasteiger partial charge in [0.05, 0.1) is 12.3 Å². The zero-order chi connectivity index (χ0) is 13.0. The van der Waals surface area contributed by atoms with E-state index in [1.165, 1.54) is 25.7 Å². The summed E-state index contributed by atoms with van der Waals surface area (Å²) in [7, 11) is 0. The van der Waals surface area contributed by atoms with E-state index >= 15 is 0 Å². The van der Waals surface area contributed by atoms with E-state index in [1.807, 2.05) is 0 Å². The fraction of sp³-hybridized carbons (Fsp3) is 0.733. The molecule has 1 N–H and O–H groups in total. The monoisotopic (exact) mass is 267 g/mol. The Labute approximate surface area is 115 Å². The van der Waals surface area contributed by atoms with E-state index in [0.717, 1.165) is 23.8 Å². The molecular weight excluding hydrogens is 242 g/mol. The Kier molecular flexibility index (Phi) is 4.79. The minimum absolute atomic E-state index is 0.503. The molecule has 1 fully saturated rings. The Morgan fingerprint density at radius 3 is 2.89 bits per heavy atom. The maximum absolute atomic E-state index is 5.78. The normalized spacial score (nSPS) is 23.2. The van der Waals surface area contributed by atoms with Gasteiger partial charge in [0.1, 0.15) is 11.5 Å². The largest absolute Gasteiger partial charge is 0.464 e. The molecule has 2 rings (SSSR count). The van der Waals surface area contributed by atoms with Gasteiger partial charge in [0.25, 0.3) is 0 Å². The minimum Gasteiger partial charge on any atom is -0.464 e. The molecule has 0 amide bonds. The number of furan rings is 1. The van der Waals surface area contributed by atoms with Crippen molar-refractivity contribution >= 4 is 11.8 Å². The summed E-state index contributed by atoms with van der Waals surface area (Å²) in [4.78, 5) is 0. The molecule has 0 aromatic carbocycles. The van der Waals surface area contributed by atoms with Crippen LogP contribution in [0.1, 0.15) is 51.1 Å². The Balaban J connectivity index is 1.79. The smallest absolute Gasteiger partial charge is 0.118 e. The predicted octanol–water partition coefficient (Wildman–Crippen LogP) is 4.20. The maximum atomic E-state index is 5.78. The van der Waals surface area contributed by atoms with Crippen molar-refractivity contribution in [3.05, 3.63) is 23.7 Å². The number of thioether (sulfide) groups is 1. The standard InChI is InChI=1S/C15H25NOS/c1-15(2)8-4-5-12(9-15)16-10-13-6-7-14(17-13)11-18-3/h6-7,12,16H,4-5,8-11H2,1-3H3. The van der Waals surface area contributed by atoms with Crippen LogP contribution in [0.5, 0.6) is 0 Å². The molecule has 1 heterocycles. The van der Waals surface area contributed by atoms with Gasteiger partial charge in [0, 0.05) is 6.04 Å². The first kappa shape index (κ1) is 14.0. The van der Waals surface area contributed by atoms with Crippen molar-refractivity contribution in [3.63, 3.8) is 0 Å². The quantitative estimate of drug-likeness (QED) is 0.865. The average Bonchev–Trinajstić information content (AvgIpc) is 2.74. The highest BCUT2D eigenvalue weighted by Crippen LogP contribution is 2.35. The number of hydrogen-bond acceptors (Lipinski definition) is 3. The lowest BCUT2D eigenvalue weighted by atomic mass is 9.75. The topological polar surface area (TPSA) is 25.2 Å². The number of hydrogen-bond donors (Lipinski definition) is 1. The minimum atomic E-state index is 0.503. The van der Waals surface area contributed by atoms with Crippen molar-refractivity contribution in [2.75, 3.05) is 6.26 Å². The zero-order valence-electron chi connectivity index (χ0n) is 11.8. The van der Waals surface area contributed by atoms with Crippen molar-refractivity contribution < 1.29 is 4.42 Å². The molecule has 1 atom stereocenters. The number of nitrogens with one attached hydrogen (secondary N) is 1. The molecule has 2 nitrogen and oxygen atoms in total. The van der Waals surface area contributed by atoms with E-state index < -0.39 is 0 Å². The van der Waals surface area contributed by atoms with Crippen LogP contribution in [0.25, 0.3) is 0 Å². The first-order valence-electron chi connectivity index (χ1n) is 6.89. The van der Waals surface area contributed by atoms with Crippen molar-refractivity contribution in [3.8, 4) is 0 Å².